The molecule has 2 atom stereocenters. The number of rotatable bonds is 9. The van der Waals surface area contributed by atoms with Crippen LogP contribution < -0.4 is 20.8 Å². The summed E-state index contributed by atoms with van der Waals surface area (Å²) in [6, 6.07) is 11.3. The van der Waals surface area contributed by atoms with Gasteiger partial charge < -0.3 is 20.7 Å². The zero-order valence-corrected chi connectivity index (χ0v) is 19.3. The summed E-state index contributed by atoms with van der Waals surface area (Å²) < 4.78 is 19.0. The minimum Gasteiger partial charge on any atom is -0.483 e. The predicted molar refractivity (Wildman–Crippen MR) is 126 cm³/mol. The number of nitrogens with zero attached hydrogens (tertiary/aromatic N) is 3. The quantitative estimate of drug-likeness (QED) is 0.582. The van der Waals surface area contributed by atoms with E-state index in [4.69, 9.17) is 10.5 Å². The van der Waals surface area contributed by atoms with Gasteiger partial charge in [0.25, 0.3) is 11.8 Å². The maximum Gasteiger partial charge on any atom is 0.268 e. The van der Waals surface area contributed by atoms with Crippen LogP contribution >= 0.6 is 0 Å². The van der Waals surface area contributed by atoms with Gasteiger partial charge in [0, 0.05) is 26.1 Å². The van der Waals surface area contributed by atoms with E-state index in [-0.39, 0.29) is 24.6 Å². The molecule has 0 saturated heterocycles. The molecule has 1 aliphatic rings. The van der Waals surface area contributed by atoms with E-state index in [0.717, 1.165) is 0 Å². The fraction of sp³-hybridized carbons (Fsp3) is 0.333. The highest BCUT2D eigenvalue weighted by Crippen LogP contribution is 2.29. The highest BCUT2D eigenvalue weighted by molar-refractivity contribution is 6.40. The van der Waals surface area contributed by atoms with E-state index < -0.39 is 29.7 Å². The first-order valence-electron chi connectivity index (χ1n) is 10.9. The SMILES string of the molecule is CCC(NC(=O)C1=NN(c2ccc(F)cc2)C(C(N)=O)C1)c1ccccc1OCC(=O)N(C)C. The highest BCUT2D eigenvalue weighted by Gasteiger charge is 2.35. The molecule has 180 valence electrons. The molecule has 0 spiro atoms. The molecule has 2 aromatic rings. The first kappa shape index (κ1) is 24.7. The van der Waals surface area contributed by atoms with Crippen molar-refractivity contribution in [2.45, 2.75) is 31.8 Å². The molecule has 1 heterocycles. The summed E-state index contributed by atoms with van der Waals surface area (Å²) >= 11 is 0. The Labute approximate surface area is 197 Å². The lowest BCUT2D eigenvalue weighted by molar-refractivity contribution is -0.130. The fourth-order valence-corrected chi connectivity index (χ4v) is 3.51. The average Bonchev–Trinajstić information content (AvgIpc) is 3.27. The van der Waals surface area contributed by atoms with Crippen molar-refractivity contribution in [3.63, 3.8) is 0 Å². The maximum atomic E-state index is 13.3. The second kappa shape index (κ2) is 10.8. The summed E-state index contributed by atoms with van der Waals surface area (Å²) in [6.07, 6.45) is 0.562. The van der Waals surface area contributed by atoms with Crippen LogP contribution in [0.5, 0.6) is 5.75 Å². The molecule has 0 bridgehead atoms. The van der Waals surface area contributed by atoms with Gasteiger partial charge in [0.15, 0.2) is 6.61 Å². The van der Waals surface area contributed by atoms with Crippen LogP contribution in [-0.2, 0) is 14.4 Å². The molecule has 3 N–H and O–H groups in total. The molecule has 0 aliphatic carbocycles. The number of hydrazone groups is 1. The van der Waals surface area contributed by atoms with Crippen LogP contribution in [0.1, 0.15) is 31.4 Å². The number of benzene rings is 2. The third-order valence-electron chi connectivity index (χ3n) is 5.45. The van der Waals surface area contributed by atoms with Crippen molar-refractivity contribution < 1.29 is 23.5 Å². The number of carbonyl (C=O) groups is 3. The van der Waals surface area contributed by atoms with Crippen molar-refractivity contribution in [2.75, 3.05) is 25.7 Å². The Morgan fingerprint density at radius 1 is 1.21 bits per heavy atom. The van der Waals surface area contributed by atoms with Crippen LogP contribution in [0.4, 0.5) is 10.1 Å². The summed E-state index contributed by atoms with van der Waals surface area (Å²) in [5, 5.41) is 8.57. The summed E-state index contributed by atoms with van der Waals surface area (Å²) in [6.45, 7) is 1.77. The van der Waals surface area contributed by atoms with Crippen LogP contribution in [0.15, 0.2) is 53.6 Å². The Balaban J connectivity index is 1.78. The molecule has 1 aliphatic heterocycles. The molecule has 0 saturated carbocycles. The third-order valence-corrected chi connectivity index (χ3v) is 5.45. The Hall–Kier alpha value is -3.95. The minimum atomic E-state index is -0.862. The van der Waals surface area contributed by atoms with Crippen molar-refractivity contribution in [1.29, 1.82) is 0 Å². The maximum absolute atomic E-state index is 13.3. The Morgan fingerprint density at radius 2 is 1.88 bits per heavy atom. The monoisotopic (exact) mass is 469 g/mol. The fourth-order valence-electron chi connectivity index (χ4n) is 3.51. The summed E-state index contributed by atoms with van der Waals surface area (Å²) in [5.41, 5.74) is 6.82. The van der Waals surface area contributed by atoms with Gasteiger partial charge in [-0.05, 0) is 36.8 Å². The second-order valence-corrected chi connectivity index (χ2v) is 8.04. The van der Waals surface area contributed by atoms with Crippen molar-refractivity contribution in [3.05, 3.63) is 59.9 Å². The Kier molecular flexibility index (Phi) is 7.83. The first-order chi connectivity index (χ1) is 16.2. The molecular weight excluding hydrogens is 441 g/mol. The number of nitrogens with two attached hydrogens (primary N) is 1. The zero-order valence-electron chi connectivity index (χ0n) is 19.3. The summed E-state index contributed by atoms with van der Waals surface area (Å²) in [7, 11) is 3.28. The van der Waals surface area contributed by atoms with Gasteiger partial charge in [0.2, 0.25) is 5.91 Å². The van der Waals surface area contributed by atoms with Gasteiger partial charge in [-0.2, -0.15) is 5.10 Å². The van der Waals surface area contributed by atoms with Crippen LogP contribution in [0.25, 0.3) is 0 Å². The standard InChI is InChI=1S/C24H28FN5O4/c1-4-18(17-7-5-6-8-21(17)34-14-22(31)29(2)3)27-24(33)19-13-20(23(26)32)30(28-19)16-11-9-15(25)10-12-16/h5-12,18,20H,4,13-14H2,1-3H3,(H2,26,32)(H,27,33). The van der Waals surface area contributed by atoms with E-state index >= 15 is 0 Å². The number of halogens is 1. The first-order valence-corrected chi connectivity index (χ1v) is 10.9. The molecule has 10 heteroatoms. The molecular formula is C24H28FN5O4. The highest BCUT2D eigenvalue weighted by atomic mass is 19.1. The Bertz CT molecular complexity index is 1090. The molecule has 0 radical (unpaired) electrons. The van der Waals surface area contributed by atoms with Gasteiger partial charge in [0.05, 0.1) is 11.7 Å². The van der Waals surface area contributed by atoms with Crippen molar-refractivity contribution in [3.8, 4) is 5.75 Å². The number of para-hydroxylation sites is 1. The van der Waals surface area contributed by atoms with Gasteiger partial charge in [-0.3, -0.25) is 19.4 Å². The van der Waals surface area contributed by atoms with Crippen molar-refractivity contribution >= 4 is 29.1 Å². The van der Waals surface area contributed by atoms with E-state index in [2.05, 4.69) is 10.4 Å². The number of primary amides is 1. The molecule has 3 rings (SSSR count). The number of hydrogen-bond acceptors (Lipinski definition) is 6. The van der Waals surface area contributed by atoms with Crippen LogP contribution in [0.3, 0.4) is 0 Å². The zero-order chi connectivity index (χ0) is 24.8. The second-order valence-electron chi connectivity index (χ2n) is 8.04. The van der Waals surface area contributed by atoms with E-state index in [9.17, 15) is 18.8 Å². The van der Waals surface area contributed by atoms with E-state index in [1.54, 1.807) is 26.2 Å². The molecule has 2 unspecified atom stereocenters. The van der Waals surface area contributed by atoms with Gasteiger partial charge in [-0.15, -0.1) is 0 Å². The van der Waals surface area contributed by atoms with Gasteiger partial charge in [0.1, 0.15) is 23.3 Å². The van der Waals surface area contributed by atoms with E-state index in [0.29, 0.717) is 23.4 Å². The number of carbonyl (C=O) groups excluding carboxylic acids is 3. The Morgan fingerprint density at radius 3 is 2.50 bits per heavy atom. The van der Waals surface area contributed by atoms with Crippen molar-refractivity contribution in [2.24, 2.45) is 10.8 Å². The van der Waals surface area contributed by atoms with Gasteiger partial charge in [-0.25, -0.2) is 4.39 Å². The summed E-state index contributed by atoms with van der Waals surface area (Å²) in [5.74, 6) is -1.24. The van der Waals surface area contributed by atoms with E-state index in [1.807, 2.05) is 19.1 Å². The lowest BCUT2D eigenvalue weighted by Crippen LogP contribution is -2.40. The molecule has 3 amide bonds. The minimum absolute atomic E-state index is 0.0183. The third kappa shape index (κ3) is 5.69. The number of amides is 3. The number of likely N-dealkylation sites (N-methyl/N-ethyl adjacent to an activating group) is 1. The van der Waals surface area contributed by atoms with Crippen molar-refractivity contribution in [1.82, 2.24) is 10.2 Å². The van der Waals surface area contributed by atoms with Gasteiger partial charge in [-0.1, -0.05) is 25.1 Å². The normalized spacial score (nSPS) is 15.9. The molecule has 34 heavy (non-hydrogen) atoms. The number of ether oxygens (including phenoxy) is 1. The molecule has 9 nitrogen and oxygen atoms in total. The van der Waals surface area contributed by atoms with E-state index in [1.165, 1.54) is 34.2 Å². The molecule has 0 aromatic heterocycles. The van der Waals surface area contributed by atoms with Crippen LogP contribution in [-0.4, -0.2) is 55.1 Å². The number of nitrogens with one attached hydrogen (secondary N) is 1. The lowest BCUT2D eigenvalue weighted by atomic mass is 10.0. The predicted octanol–water partition coefficient (Wildman–Crippen LogP) is 1.98. The summed E-state index contributed by atoms with van der Waals surface area (Å²) in [4.78, 5) is 38.4. The topological polar surface area (TPSA) is 117 Å². The number of anilines is 1. The number of hydrogen-bond donors (Lipinski definition) is 2. The largest absolute Gasteiger partial charge is 0.483 e. The smallest absolute Gasteiger partial charge is 0.268 e. The van der Waals surface area contributed by atoms with Gasteiger partial charge >= 0.3 is 0 Å². The molecule has 2 aromatic carbocycles. The average molecular weight is 470 g/mol. The van der Waals surface area contributed by atoms with Crippen LogP contribution in [0, 0.1) is 5.82 Å². The van der Waals surface area contributed by atoms with Crippen LogP contribution in [0.2, 0.25) is 0 Å². The lowest BCUT2D eigenvalue weighted by Gasteiger charge is -2.21. The molecule has 0 fully saturated rings.